The van der Waals surface area contributed by atoms with Crippen LogP contribution in [-0.4, -0.2) is 24.9 Å². The first kappa shape index (κ1) is 28.9. The SMILES string of the molecule is c1cncc(-c2cc(-c3cc(-c4ccncc4)cc(-c4ccncc4)c3)cc(-c3cc(-c4ccncc4)cc(-c4ccncc4)c3)c2)c1. The molecule has 0 aliphatic rings. The number of aromatic nitrogens is 5. The molecule has 0 saturated carbocycles. The number of pyridine rings is 5. The molecule has 5 heteroatoms. The maximum absolute atomic E-state index is 4.46. The van der Waals surface area contributed by atoms with Crippen molar-refractivity contribution in [3.05, 3.63) is 177 Å². The highest BCUT2D eigenvalue weighted by molar-refractivity contribution is 5.88. The van der Waals surface area contributed by atoms with Crippen molar-refractivity contribution in [2.75, 3.05) is 0 Å². The topological polar surface area (TPSA) is 64.5 Å². The van der Waals surface area contributed by atoms with Gasteiger partial charge in [-0.2, -0.15) is 0 Å². The van der Waals surface area contributed by atoms with Gasteiger partial charge in [-0.05, 0) is 182 Å². The van der Waals surface area contributed by atoms with Crippen LogP contribution in [0.1, 0.15) is 0 Å². The van der Waals surface area contributed by atoms with Crippen molar-refractivity contribution in [2.24, 2.45) is 0 Å². The van der Waals surface area contributed by atoms with Crippen LogP contribution in [0, 0.1) is 0 Å². The van der Waals surface area contributed by atoms with Gasteiger partial charge in [0.25, 0.3) is 0 Å². The van der Waals surface area contributed by atoms with E-state index in [1.807, 2.05) is 68.0 Å². The normalized spacial score (nSPS) is 10.9. The average Bonchev–Trinajstić information content (AvgIpc) is 3.19. The van der Waals surface area contributed by atoms with Crippen LogP contribution in [-0.2, 0) is 0 Å². The molecular formula is C43H29N5. The molecule has 0 atom stereocenters. The molecule has 5 aromatic heterocycles. The van der Waals surface area contributed by atoms with Gasteiger partial charge < -0.3 is 0 Å². The summed E-state index contributed by atoms with van der Waals surface area (Å²) in [4.78, 5) is 21.5. The van der Waals surface area contributed by atoms with Crippen LogP contribution in [0.5, 0.6) is 0 Å². The van der Waals surface area contributed by atoms with Gasteiger partial charge >= 0.3 is 0 Å². The predicted octanol–water partition coefficient (Wildman–Crippen LogP) is 10.3. The van der Waals surface area contributed by atoms with Crippen molar-refractivity contribution < 1.29 is 0 Å². The van der Waals surface area contributed by atoms with Gasteiger partial charge in [0, 0.05) is 67.5 Å². The van der Waals surface area contributed by atoms with Crippen LogP contribution in [0.15, 0.2) is 177 Å². The van der Waals surface area contributed by atoms with E-state index in [1.165, 1.54) is 0 Å². The van der Waals surface area contributed by atoms with Gasteiger partial charge in [-0.1, -0.05) is 6.07 Å². The largest absolute Gasteiger partial charge is 0.265 e. The lowest BCUT2D eigenvalue weighted by atomic mass is 9.89. The molecule has 0 aliphatic carbocycles. The second-order valence-electron chi connectivity index (χ2n) is 11.6. The van der Waals surface area contributed by atoms with Gasteiger partial charge in [-0.15, -0.1) is 0 Å². The van der Waals surface area contributed by atoms with E-state index in [0.717, 1.165) is 77.9 Å². The zero-order valence-corrected chi connectivity index (χ0v) is 26.0. The molecule has 0 unspecified atom stereocenters. The Labute approximate surface area is 279 Å². The van der Waals surface area contributed by atoms with Gasteiger partial charge in [0.15, 0.2) is 0 Å². The summed E-state index contributed by atoms with van der Waals surface area (Å²) in [6.45, 7) is 0. The molecular weight excluding hydrogens is 587 g/mol. The van der Waals surface area contributed by atoms with Crippen molar-refractivity contribution in [3.8, 4) is 77.9 Å². The van der Waals surface area contributed by atoms with E-state index in [2.05, 4.69) is 134 Å². The smallest absolute Gasteiger partial charge is 0.0346 e. The monoisotopic (exact) mass is 615 g/mol. The Bertz CT molecular complexity index is 2050. The maximum Gasteiger partial charge on any atom is 0.0346 e. The number of nitrogens with zero attached hydrogens (tertiary/aromatic N) is 5. The van der Waals surface area contributed by atoms with Crippen LogP contribution in [0.25, 0.3) is 77.9 Å². The summed E-state index contributed by atoms with van der Waals surface area (Å²) >= 11 is 0. The van der Waals surface area contributed by atoms with Gasteiger partial charge in [-0.3, -0.25) is 24.9 Å². The lowest BCUT2D eigenvalue weighted by molar-refractivity contribution is 1.32. The lowest BCUT2D eigenvalue weighted by Crippen LogP contribution is -1.91. The Kier molecular flexibility index (Phi) is 7.83. The molecule has 5 heterocycles. The van der Waals surface area contributed by atoms with Crippen molar-refractivity contribution in [2.45, 2.75) is 0 Å². The van der Waals surface area contributed by atoms with Crippen LogP contribution >= 0.6 is 0 Å². The molecule has 0 spiro atoms. The second kappa shape index (κ2) is 13.0. The summed E-state index contributed by atoms with van der Waals surface area (Å²) in [5.74, 6) is 0. The number of hydrogen-bond donors (Lipinski definition) is 0. The molecule has 0 amide bonds. The Balaban J connectivity index is 1.36. The molecule has 0 radical (unpaired) electrons. The van der Waals surface area contributed by atoms with E-state index in [4.69, 9.17) is 0 Å². The molecule has 0 fully saturated rings. The van der Waals surface area contributed by atoms with Gasteiger partial charge in [0.2, 0.25) is 0 Å². The summed E-state index contributed by atoms with van der Waals surface area (Å²) in [5.41, 5.74) is 15.5. The lowest BCUT2D eigenvalue weighted by Gasteiger charge is -2.16. The van der Waals surface area contributed by atoms with E-state index in [9.17, 15) is 0 Å². The quantitative estimate of drug-likeness (QED) is 0.178. The first-order valence-corrected chi connectivity index (χ1v) is 15.7. The third-order valence-electron chi connectivity index (χ3n) is 8.52. The van der Waals surface area contributed by atoms with Crippen LogP contribution in [0.2, 0.25) is 0 Å². The summed E-state index contributed by atoms with van der Waals surface area (Å²) in [5, 5.41) is 0. The molecule has 0 bridgehead atoms. The predicted molar refractivity (Wildman–Crippen MR) is 193 cm³/mol. The fraction of sp³-hybridized carbons (Fsp3) is 0. The van der Waals surface area contributed by atoms with E-state index in [1.54, 1.807) is 0 Å². The van der Waals surface area contributed by atoms with Crippen molar-refractivity contribution >= 4 is 0 Å². The van der Waals surface area contributed by atoms with E-state index in [0.29, 0.717) is 0 Å². The third-order valence-corrected chi connectivity index (χ3v) is 8.52. The minimum atomic E-state index is 1.06. The van der Waals surface area contributed by atoms with Crippen molar-refractivity contribution in [1.82, 2.24) is 24.9 Å². The molecule has 226 valence electrons. The zero-order valence-electron chi connectivity index (χ0n) is 26.0. The van der Waals surface area contributed by atoms with E-state index < -0.39 is 0 Å². The maximum atomic E-state index is 4.46. The fourth-order valence-corrected chi connectivity index (χ4v) is 6.09. The zero-order chi connectivity index (χ0) is 32.1. The van der Waals surface area contributed by atoms with Crippen molar-refractivity contribution in [1.29, 1.82) is 0 Å². The number of hydrogen-bond acceptors (Lipinski definition) is 5. The summed E-state index contributed by atoms with van der Waals surface area (Å²) in [6.07, 6.45) is 18.4. The fourth-order valence-electron chi connectivity index (χ4n) is 6.09. The first-order chi connectivity index (χ1) is 23.8. The third kappa shape index (κ3) is 6.13. The second-order valence-corrected chi connectivity index (χ2v) is 11.6. The van der Waals surface area contributed by atoms with Gasteiger partial charge in [0.05, 0.1) is 0 Å². The summed E-state index contributed by atoms with van der Waals surface area (Å²) in [7, 11) is 0. The molecule has 8 aromatic rings. The molecule has 5 nitrogen and oxygen atoms in total. The number of rotatable bonds is 7. The Morgan fingerprint density at radius 1 is 0.208 bits per heavy atom. The van der Waals surface area contributed by atoms with Gasteiger partial charge in [0.1, 0.15) is 0 Å². The highest BCUT2D eigenvalue weighted by Crippen LogP contribution is 2.39. The Morgan fingerprint density at radius 3 is 0.708 bits per heavy atom. The molecule has 48 heavy (non-hydrogen) atoms. The molecule has 0 saturated heterocycles. The molecule has 8 rings (SSSR count). The highest BCUT2D eigenvalue weighted by atomic mass is 14.6. The van der Waals surface area contributed by atoms with Crippen LogP contribution in [0.4, 0.5) is 0 Å². The Hall–Kier alpha value is -6.59. The average molecular weight is 616 g/mol. The molecule has 3 aromatic carbocycles. The van der Waals surface area contributed by atoms with Gasteiger partial charge in [-0.25, -0.2) is 0 Å². The van der Waals surface area contributed by atoms with Crippen LogP contribution < -0.4 is 0 Å². The minimum absolute atomic E-state index is 1.06. The van der Waals surface area contributed by atoms with Crippen LogP contribution in [0.3, 0.4) is 0 Å². The minimum Gasteiger partial charge on any atom is -0.265 e. The Morgan fingerprint density at radius 2 is 0.458 bits per heavy atom. The summed E-state index contributed by atoms with van der Waals surface area (Å²) < 4.78 is 0. The van der Waals surface area contributed by atoms with Crippen molar-refractivity contribution in [3.63, 3.8) is 0 Å². The highest BCUT2D eigenvalue weighted by Gasteiger charge is 2.14. The van der Waals surface area contributed by atoms with E-state index in [-0.39, 0.29) is 0 Å². The summed E-state index contributed by atoms with van der Waals surface area (Å²) in [6, 6.07) is 40.9. The molecule has 0 N–H and O–H groups in total. The first-order valence-electron chi connectivity index (χ1n) is 15.7. The standard InChI is InChI=1S/C43H29N5/c1-2-34(29-48-11-1)39-26-42(40-22-35(30-3-12-44-13-4-30)20-36(23-40)31-5-14-45-15-6-31)28-43(27-39)41-24-37(32-7-16-46-17-8-32)21-38(25-41)33-9-18-47-19-10-33/h1-29H. The van der Waals surface area contributed by atoms with E-state index >= 15 is 0 Å². The number of benzene rings is 3. The molecule has 0 aliphatic heterocycles.